The zero-order valence-corrected chi connectivity index (χ0v) is 14.3. The van der Waals surface area contributed by atoms with Gasteiger partial charge in [0, 0.05) is 22.4 Å². The number of thiazole rings is 1. The van der Waals surface area contributed by atoms with Crippen molar-refractivity contribution in [1.82, 2.24) is 4.98 Å². The molecular weight excluding hydrogens is 332 g/mol. The molecule has 2 aromatic heterocycles. The second kappa shape index (κ2) is 8.56. The second-order valence-corrected chi connectivity index (χ2v) is 6.87. The van der Waals surface area contributed by atoms with E-state index in [2.05, 4.69) is 4.98 Å². The first-order valence-corrected chi connectivity index (χ1v) is 8.88. The van der Waals surface area contributed by atoms with Crippen LogP contribution in [0.2, 0.25) is 0 Å². The molecule has 2 heterocycles. The van der Waals surface area contributed by atoms with Crippen LogP contribution < -0.4 is 0 Å². The van der Waals surface area contributed by atoms with Crippen molar-refractivity contribution >= 4 is 34.4 Å². The minimum Gasteiger partial charge on any atom is -0.458 e. The van der Waals surface area contributed by atoms with Crippen LogP contribution in [0.25, 0.3) is 0 Å². The van der Waals surface area contributed by atoms with E-state index in [0.717, 1.165) is 12.1 Å². The number of Topliss-reactive ketones (excluding diaryl/α,β-unsaturated/α-hetero) is 1. The van der Waals surface area contributed by atoms with E-state index in [9.17, 15) is 9.59 Å². The molecule has 2 aromatic rings. The van der Waals surface area contributed by atoms with Gasteiger partial charge in [0.1, 0.15) is 5.01 Å². The summed E-state index contributed by atoms with van der Waals surface area (Å²) in [7, 11) is 0. The van der Waals surface area contributed by atoms with Crippen LogP contribution in [-0.2, 0) is 20.7 Å². The van der Waals surface area contributed by atoms with Gasteiger partial charge in [0.2, 0.25) is 0 Å². The van der Waals surface area contributed by atoms with Crippen LogP contribution in [-0.4, -0.2) is 23.3 Å². The molecule has 0 saturated heterocycles. The zero-order chi connectivity index (χ0) is 16.7. The number of hydrogen-bond acceptors (Lipinski definition) is 7. The van der Waals surface area contributed by atoms with Gasteiger partial charge in [-0.05, 0) is 31.2 Å². The third-order valence-corrected chi connectivity index (χ3v) is 5.06. The number of nitriles is 1. The van der Waals surface area contributed by atoms with E-state index in [1.165, 1.54) is 16.2 Å². The summed E-state index contributed by atoms with van der Waals surface area (Å²) in [5.41, 5.74) is 0.767. The molecular formula is C16H16N2O3S2. The smallest absolute Gasteiger partial charge is 0.306 e. The Morgan fingerprint density at radius 3 is 2.87 bits per heavy atom. The Morgan fingerprint density at radius 2 is 2.26 bits per heavy atom. The molecule has 0 unspecified atom stereocenters. The van der Waals surface area contributed by atoms with Crippen molar-refractivity contribution in [2.24, 2.45) is 0 Å². The van der Waals surface area contributed by atoms with E-state index in [0.29, 0.717) is 11.4 Å². The number of nitrogens with zero attached hydrogens (tertiary/aromatic N) is 2. The van der Waals surface area contributed by atoms with Gasteiger partial charge in [-0.1, -0.05) is 6.07 Å². The maximum absolute atomic E-state index is 12.0. The van der Waals surface area contributed by atoms with Gasteiger partial charge in [0.05, 0.1) is 6.07 Å². The van der Waals surface area contributed by atoms with Crippen LogP contribution in [0, 0.1) is 18.3 Å². The van der Waals surface area contributed by atoms with Crippen LogP contribution in [0.1, 0.15) is 34.3 Å². The van der Waals surface area contributed by atoms with Gasteiger partial charge in [-0.2, -0.15) is 5.26 Å². The number of rotatable bonds is 8. The summed E-state index contributed by atoms with van der Waals surface area (Å²) < 4.78 is 4.98. The summed E-state index contributed by atoms with van der Waals surface area (Å²) in [5.74, 6) is -1.82. The second-order valence-electron chi connectivity index (χ2n) is 4.95. The molecule has 7 heteroatoms. The Hall–Kier alpha value is -2.04. The average Bonchev–Trinajstić information content (AvgIpc) is 3.18. The summed E-state index contributed by atoms with van der Waals surface area (Å²) in [6, 6.07) is 5.92. The van der Waals surface area contributed by atoms with Crippen molar-refractivity contribution in [1.29, 1.82) is 5.26 Å². The first kappa shape index (κ1) is 17.3. The van der Waals surface area contributed by atoms with Gasteiger partial charge in [0.15, 0.2) is 18.3 Å². The molecule has 0 N–H and O–H groups in total. The Kier molecular flexibility index (Phi) is 6.44. The highest BCUT2D eigenvalue weighted by molar-refractivity contribution is 7.10. The van der Waals surface area contributed by atoms with Crippen LogP contribution in [0.4, 0.5) is 0 Å². The molecule has 0 fully saturated rings. The van der Waals surface area contributed by atoms with Crippen LogP contribution in [0.5, 0.6) is 0 Å². The number of ketones is 1. The molecule has 0 saturated carbocycles. The van der Waals surface area contributed by atoms with E-state index in [-0.39, 0.29) is 13.0 Å². The van der Waals surface area contributed by atoms with Crippen molar-refractivity contribution in [2.75, 3.05) is 6.61 Å². The number of aromatic nitrogens is 1. The maximum Gasteiger partial charge on any atom is 0.306 e. The molecule has 5 nitrogen and oxygen atoms in total. The Morgan fingerprint density at radius 1 is 1.43 bits per heavy atom. The standard InChI is InChI=1S/C16H16N2O3S2/c1-11-10-23-16(18-11)13(8-17)14(19)9-21-15(20)6-2-4-12-5-3-7-22-12/h3,5,7,10,13H,2,4,6,9H2,1H3/t13-/m1/s1. The highest BCUT2D eigenvalue weighted by Gasteiger charge is 2.24. The monoisotopic (exact) mass is 348 g/mol. The van der Waals surface area contributed by atoms with Crippen molar-refractivity contribution < 1.29 is 14.3 Å². The largest absolute Gasteiger partial charge is 0.458 e. The van der Waals surface area contributed by atoms with Gasteiger partial charge in [-0.15, -0.1) is 22.7 Å². The van der Waals surface area contributed by atoms with Crippen molar-refractivity contribution in [3.63, 3.8) is 0 Å². The number of thiophene rings is 1. The predicted molar refractivity (Wildman–Crippen MR) is 88.4 cm³/mol. The fourth-order valence-corrected chi connectivity index (χ4v) is 3.55. The minimum absolute atomic E-state index is 0.263. The van der Waals surface area contributed by atoms with Crippen molar-refractivity contribution in [2.45, 2.75) is 32.1 Å². The third kappa shape index (κ3) is 5.27. The lowest BCUT2D eigenvalue weighted by atomic mass is 10.1. The maximum atomic E-state index is 12.0. The molecule has 0 aliphatic heterocycles. The quantitative estimate of drug-likeness (QED) is 0.684. The molecule has 0 amide bonds. The highest BCUT2D eigenvalue weighted by atomic mass is 32.1. The van der Waals surface area contributed by atoms with Crippen LogP contribution in [0.3, 0.4) is 0 Å². The Bertz CT molecular complexity index is 701. The summed E-state index contributed by atoms with van der Waals surface area (Å²) in [5, 5.41) is 13.4. The zero-order valence-electron chi connectivity index (χ0n) is 12.7. The predicted octanol–water partition coefficient (Wildman–Crippen LogP) is 3.26. The molecule has 0 spiro atoms. The van der Waals surface area contributed by atoms with Crippen molar-refractivity contribution in [3.8, 4) is 6.07 Å². The first-order chi connectivity index (χ1) is 11.1. The van der Waals surface area contributed by atoms with Crippen molar-refractivity contribution in [3.05, 3.63) is 38.5 Å². The minimum atomic E-state index is -0.965. The lowest BCUT2D eigenvalue weighted by Crippen LogP contribution is -2.19. The van der Waals surface area contributed by atoms with E-state index in [4.69, 9.17) is 10.00 Å². The topological polar surface area (TPSA) is 80.0 Å². The molecule has 120 valence electrons. The lowest BCUT2D eigenvalue weighted by Gasteiger charge is -2.06. The summed E-state index contributed by atoms with van der Waals surface area (Å²) in [6.45, 7) is 1.42. The fourth-order valence-electron chi connectivity index (χ4n) is 1.94. The Balaban J connectivity index is 1.74. The molecule has 23 heavy (non-hydrogen) atoms. The number of ether oxygens (including phenoxy) is 1. The number of aryl methyl sites for hydroxylation is 2. The molecule has 0 aromatic carbocycles. The number of carbonyl (C=O) groups excluding carboxylic acids is 2. The molecule has 1 atom stereocenters. The lowest BCUT2D eigenvalue weighted by molar-refractivity contribution is -0.148. The third-order valence-electron chi connectivity index (χ3n) is 3.09. The molecule has 0 aliphatic carbocycles. The van der Waals surface area contributed by atoms with Gasteiger partial charge >= 0.3 is 5.97 Å². The summed E-state index contributed by atoms with van der Waals surface area (Å²) in [4.78, 5) is 29.0. The highest BCUT2D eigenvalue weighted by Crippen LogP contribution is 2.20. The number of esters is 1. The molecule has 0 aliphatic rings. The first-order valence-electron chi connectivity index (χ1n) is 7.12. The van der Waals surface area contributed by atoms with E-state index in [1.54, 1.807) is 23.6 Å². The van der Waals surface area contributed by atoms with Gasteiger partial charge in [-0.25, -0.2) is 4.98 Å². The molecule has 0 radical (unpaired) electrons. The average molecular weight is 348 g/mol. The summed E-state index contributed by atoms with van der Waals surface area (Å²) >= 11 is 2.91. The molecule has 0 bridgehead atoms. The van der Waals surface area contributed by atoms with E-state index in [1.807, 2.05) is 23.6 Å². The number of hydrogen-bond donors (Lipinski definition) is 0. The fraction of sp³-hybridized carbons (Fsp3) is 0.375. The normalized spacial score (nSPS) is 11.7. The van der Waals surface area contributed by atoms with Crippen LogP contribution in [0.15, 0.2) is 22.9 Å². The van der Waals surface area contributed by atoms with Crippen LogP contribution >= 0.6 is 22.7 Å². The van der Waals surface area contributed by atoms with Gasteiger partial charge in [0.25, 0.3) is 0 Å². The van der Waals surface area contributed by atoms with E-state index < -0.39 is 17.7 Å². The Labute approximate surface area is 142 Å². The number of carbonyl (C=O) groups is 2. The van der Waals surface area contributed by atoms with Gasteiger partial charge in [-0.3, -0.25) is 9.59 Å². The SMILES string of the molecule is Cc1csc([C@H](C#N)C(=O)COC(=O)CCCc2cccs2)n1. The van der Waals surface area contributed by atoms with Gasteiger partial charge < -0.3 is 4.74 Å². The van der Waals surface area contributed by atoms with E-state index >= 15 is 0 Å². The summed E-state index contributed by atoms with van der Waals surface area (Å²) in [6.07, 6.45) is 1.76. The molecule has 2 rings (SSSR count).